The summed E-state index contributed by atoms with van der Waals surface area (Å²) in [6.07, 6.45) is 0. The number of nitriles is 1. The molecule has 17 heavy (non-hydrogen) atoms. The summed E-state index contributed by atoms with van der Waals surface area (Å²) >= 11 is 0. The van der Waals surface area contributed by atoms with Gasteiger partial charge in [-0.2, -0.15) is 5.26 Å². The third-order valence-corrected chi connectivity index (χ3v) is 3.05. The van der Waals surface area contributed by atoms with E-state index in [-0.39, 0.29) is 0 Å². The van der Waals surface area contributed by atoms with E-state index in [4.69, 9.17) is 5.26 Å². The monoisotopic (exact) mass is 230 g/mol. The van der Waals surface area contributed by atoms with Crippen LogP contribution in [0.1, 0.15) is 5.56 Å². The molecule has 1 unspecified atom stereocenters. The maximum absolute atomic E-state index is 8.98. The van der Waals surface area contributed by atoms with Gasteiger partial charge >= 0.3 is 0 Å². The van der Waals surface area contributed by atoms with Crippen LogP contribution >= 0.6 is 0 Å². The molecule has 0 aromatic heterocycles. The molecule has 0 aliphatic carbocycles. The Hall–Kier alpha value is -1.57. The number of para-hydroxylation sites is 1. The fourth-order valence-corrected chi connectivity index (χ4v) is 2.10. The second-order valence-corrected chi connectivity index (χ2v) is 4.45. The number of nitrogens with zero attached hydrogens (tertiary/aromatic N) is 2. The lowest BCUT2D eigenvalue weighted by Crippen LogP contribution is -2.51. The van der Waals surface area contributed by atoms with Crippen molar-refractivity contribution in [2.75, 3.05) is 38.5 Å². The molecule has 0 radical (unpaired) electrons. The molecule has 0 bridgehead atoms. The third-order valence-electron chi connectivity index (χ3n) is 3.05. The van der Waals surface area contributed by atoms with E-state index in [1.807, 2.05) is 24.3 Å². The fourth-order valence-electron chi connectivity index (χ4n) is 2.10. The van der Waals surface area contributed by atoms with Gasteiger partial charge in [-0.05, 0) is 19.2 Å². The largest absolute Gasteiger partial charge is 0.382 e. The Morgan fingerprint density at radius 3 is 3.12 bits per heavy atom. The third kappa shape index (κ3) is 3.19. The maximum atomic E-state index is 8.98. The average molecular weight is 230 g/mol. The van der Waals surface area contributed by atoms with Crippen molar-refractivity contribution in [1.82, 2.24) is 10.2 Å². The van der Waals surface area contributed by atoms with Gasteiger partial charge in [0, 0.05) is 32.2 Å². The standard InChI is InChI=1S/C13H18N4/c1-17-7-6-15-12(10-17)9-16-13-5-3-2-4-11(13)8-14/h2-5,12,15-16H,6-7,9-10H2,1H3. The Morgan fingerprint density at radius 2 is 2.35 bits per heavy atom. The summed E-state index contributed by atoms with van der Waals surface area (Å²) in [6.45, 7) is 4.03. The molecule has 2 rings (SSSR count). The van der Waals surface area contributed by atoms with Crippen LogP contribution < -0.4 is 10.6 Å². The first-order valence-corrected chi connectivity index (χ1v) is 5.94. The number of hydrogen-bond donors (Lipinski definition) is 2. The summed E-state index contributed by atoms with van der Waals surface area (Å²) in [7, 11) is 2.14. The van der Waals surface area contributed by atoms with E-state index in [0.717, 1.165) is 31.9 Å². The molecule has 1 saturated heterocycles. The number of anilines is 1. The zero-order valence-corrected chi connectivity index (χ0v) is 10.1. The first-order chi connectivity index (χ1) is 8.29. The molecule has 1 aliphatic rings. The predicted octanol–water partition coefficient (Wildman–Crippen LogP) is 0.874. The molecule has 0 saturated carbocycles. The van der Waals surface area contributed by atoms with Crippen molar-refractivity contribution in [2.45, 2.75) is 6.04 Å². The van der Waals surface area contributed by atoms with Gasteiger partial charge in [-0.25, -0.2) is 0 Å². The minimum absolute atomic E-state index is 0.445. The second-order valence-electron chi connectivity index (χ2n) is 4.45. The van der Waals surface area contributed by atoms with Crippen LogP contribution in [0.5, 0.6) is 0 Å². The first kappa shape index (κ1) is 11.9. The highest BCUT2D eigenvalue weighted by atomic mass is 15.2. The highest BCUT2D eigenvalue weighted by Crippen LogP contribution is 2.13. The molecule has 1 aromatic rings. The van der Waals surface area contributed by atoms with Gasteiger partial charge in [-0.1, -0.05) is 12.1 Å². The van der Waals surface area contributed by atoms with Crippen LogP contribution in [0.4, 0.5) is 5.69 Å². The van der Waals surface area contributed by atoms with E-state index in [9.17, 15) is 0 Å². The minimum Gasteiger partial charge on any atom is -0.382 e. The summed E-state index contributed by atoms with van der Waals surface area (Å²) in [5.74, 6) is 0. The molecule has 1 aromatic carbocycles. The SMILES string of the molecule is CN1CCNC(CNc2ccccc2C#N)C1. The van der Waals surface area contributed by atoms with Crippen molar-refractivity contribution in [3.05, 3.63) is 29.8 Å². The van der Waals surface area contributed by atoms with Crippen LogP contribution in [0.15, 0.2) is 24.3 Å². The van der Waals surface area contributed by atoms with Crippen LogP contribution in [0, 0.1) is 11.3 Å². The summed E-state index contributed by atoms with van der Waals surface area (Å²) in [5, 5.41) is 15.8. The topological polar surface area (TPSA) is 51.1 Å². The molecule has 1 atom stereocenters. The van der Waals surface area contributed by atoms with Crippen LogP contribution in [-0.2, 0) is 0 Å². The molecule has 0 amide bonds. The average Bonchev–Trinajstić information content (AvgIpc) is 2.37. The van der Waals surface area contributed by atoms with E-state index < -0.39 is 0 Å². The zero-order chi connectivity index (χ0) is 12.1. The van der Waals surface area contributed by atoms with Gasteiger partial charge in [-0.15, -0.1) is 0 Å². The lowest BCUT2D eigenvalue weighted by atomic mass is 10.1. The molecular formula is C13H18N4. The molecule has 4 heteroatoms. The van der Waals surface area contributed by atoms with Crippen molar-refractivity contribution >= 4 is 5.69 Å². The molecular weight excluding hydrogens is 212 g/mol. The zero-order valence-electron chi connectivity index (χ0n) is 10.1. The van der Waals surface area contributed by atoms with Crippen LogP contribution in [0.25, 0.3) is 0 Å². The Balaban J connectivity index is 1.91. The number of piperazine rings is 1. The minimum atomic E-state index is 0.445. The lowest BCUT2D eigenvalue weighted by Gasteiger charge is -2.31. The maximum Gasteiger partial charge on any atom is 0.101 e. The Labute approximate surface area is 102 Å². The van der Waals surface area contributed by atoms with E-state index in [1.54, 1.807) is 0 Å². The summed E-state index contributed by atoms with van der Waals surface area (Å²) in [5.41, 5.74) is 1.63. The molecule has 1 heterocycles. The van der Waals surface area contributed by atoms with E-state index in [0.29, 0.717) is 11.6 Å². The van der Waals surface area contributed by atoms with E-state index >= 15 is 0 Å². The van der Waals surface area contributed by atoms with Gasteiger partial charge in [0.2, 0.25) is 0 Å². The van der Waals surface area contributed by atoms with E-state index in [2.05, 4.69) is 28.7 Å². The number of rotatable bonds is 3. The highest BCUT2D eigenvalue weighted by Gasteiger charge is 2.16. The van der Waals surface area contributed by atoms with Crippen molar-refractivity contribution in [3.63, 3.8) is 0 Å². The summed E-state index contributed by atoms with van der Waals surface area (Å²) in [6, 6.07) is 10.3. The molecule has 0 spiro atoms. The van der Waals surface area contributed by atoms with Gasteiger partial charge in [-0.3, -0.25) is 0 Å². The van der Waals surface area contributed by atoms with Gasteiger partial charge in [0.1, 0.15) is 6.07 Å². The van der Waals surface area contributed by atoms with Crippen molar-refractivity contribution in [1.29, 1.82) is 5.26 Å². The summed E-state index contributed by atoms with van der Waals surface area (Å²) < 4.78 is 0. The molecule has 2 N–H and O–H groups in total. The van der Waals surface area contributed by atoms with Gasteiger partial charge in [0.25, 0.3) is 0 Å². The Morgan fingerprint density at radius 1 is 1.53 bits per heavy atom. The van der Waals surface area contributed by atoms with Crippen molar-refractivity contribution in [2.24, 2.45) is 0 Å². The fraction of sp³-hybridized carbons (Fsp3) is 0.462. The first-order valence-electron chi connectivity index (χ1n) is 5.94. The van der Waals surface area contributed by atoms with Crippen molar-refractivity contribution in [3.8, 4) is 6.07 Å². The van der Waals surface area contributed by atoms with E-state index in [1.165, 1.54) is 0 Å². The molecule has 1 fully saturated rings. The quantitative estimate of drug-likeness (QED) is 0.809. The van der Waals surface area contributed by atoms with Gasteiger partial charge in [0.15, 0.2) is 0 Å². The predicted molar refractivity (Wildman–Crippen MR) is 68.9 cm³/mol. The molecule has 90 valence electrons. The van der Waals surface area contributed by atoms with Gasteiger partial charge in [0.05, 0.1) is 11.3 Å². The number of likely N-dealkylation sites (N-methyl/N-ethyl adjacent to an activating group) is 1. The van der Waals surface area contributed by atoms with Crippen molar-refractivity contribution < 1.29 is 0 Å². The molecule has 4 nitrogen and oxygen atoms in total. The number of hydrogen-bond acceptors (Lipinski definition) is 4. The normalized spacial score (nSPS) is 20.8. The summed E-state index contributed by atoms with van der Waals surface area (Å²) in [4.78, 5) is 2.32. The molecule has 1 aliphatic heterocycles. The lowest BCUT2D eigenvalue weighted by molar-refractivity contribution is 0.244. The number of nitrogens with one attached hydrogen (secondary N) is 2. The van der Waals surface area contributed by atoms with Crippen LogP contribution in [0.2, 0.25) is 0 Å². The van der Waals surface area contributed by atoms with Crippen LogP contribution in [0.3, 0.4) is 0 Å². The number of benzene rings is 1. The Bertz CT molecular complexity index is 410. The Kier molecular flexibility index (Phi) is 3.97. The van der Waals surface area contributed by atoms with Gasteiger partial charge < -0.3 is 15.5 Å². The van der Waals surface area contributed by atoms with Crippen LogP contribution in [-0.4, -0.2) is 44.2 Å². The smallest absolute Gasteiger partial charge is 0.101 e. The second kappa shape index (κ2) is 5.67. The highest BCUT2D eigenvalue weighted by molar-refractivity contribution is 5.57.